The number of anilines is 1. The molecule has 1 aliphatic heterocycles. The molecule has 6 nitrogen and oxygen atoms in total. The van der Waals surface area contributed by atoms with Gasteiger partial charge >= 0.3 is 5.97 Å². The summed E-state index contributed by atoms with van der Waals surface area (Å²) in [6.45, 7) is 0.575. The number of carbonyl (C=O) groups is 2. The molecular formula is C15H16N2O4S. The number of carboxylic acid groups (broad SMARTS) is 1. The molecule has 0 saturated carbocycles. The van der Waals surface area contributed by atoms with Crippen molar-refractivity contribution in [1.82, 2.24) is 0 Å². The number of fused-ring (bicyclic) bond motifs is 1. The minimum atomic E-state index is -0.910. The summed E-state index contributed by atoms with van der Waals surface area (Å²) in [5, 5.41) is 22.0. The van der Waals surface area contributed by atoms with Crippen LogP contribution in [-0.4, -0.2) is 29.7 Å². The summed E-state index contributed by atoms with van der Waals surface area (Å²) in [5.41, 5.74) is 0.896. The SMILES string of the molecule is N#Cc1c(NC(=O)C2CCCO2)sc2c1C(C(=O)O)CCC2. The Morgan fingerprint density at radius 1 is 1.36 bits per heavy atom. The van der Waals surface area contributed by atoms with E-state index in [0.29, 0.717) is 35.6 Å². The van der Waals surface area contributed by atoms with Gasteiger partial charge in [0.15, 0.2) is 0 Å². The number of hydrogen-bond acceptors (Lipinski definition) is 5. The molecule has 7 heteroatoms. The maximum absolute atomic E-state index is 12.2. The van der Waals surface area contributed by atoms with Crippen molar-refractivity contribution in [3.8, 4) is 6.07 Å². The predicted molar refractivity (Wildman–Crippen MR) is 80.0 cm³/mol. The summed E-state index contributed by atoms with van der Waals surface area (Å²) in [5.74, 6) is -1.81. The second-order valence-electron chi connectivity index (χ2n) is 5.53. The Hall–Kier alpha value is -1.91. The highest BCUT2D eigenvalue weighted by atomic mass is 32.1. The molecule has 3 rings (SSSR count). The predicted octanol–water partition coefficient (Wildman–Crippen LogP) is 2.24. The molecule has 0 spiro atoms. The number of carboxylic acids is 1. The Labute approximate surface area is 131 Å². The molecule has 1 amide bonds. The Balaban J connectivity index is 1.91. The fraction of sp³-hybridized carbons (Fsp3) is 0.533. The number of carbonyl (C=O) groups excluding carboxylic acids is 1. The summed E-state index contributed by atoms with van der Waals surface area (Å²) >= 11 is 1.32. The Morgan fingerprint density at radius 2 is 2.18 bits per heavy atom. The van der Waals surface area contributed by atoms with Gasteiger partial charge in [-0.2, -0.15) is 5.26 Å². The van der Waals surface area contributed by atoms with Gasteiger partial charge in [0.1, 0.15) is 17.2 Å². The van der Waals surface area contributed by atoms with Crippen molar-refractivity contribution in [2.24, 2.45) is 0 Å². The first-order valence-corrected chi connectivity index (χ1v) is 8.14. The molecule has 1 saturated heterocycles. The van der Waals surface area contributed by atoms with Crippen molar-refractivity contribution < 1.29 is 19.4 Å². The van der Waals surface area contributed by atoms with Crippen LogP contribution in [-0.2, 0) is 20.7 Å². The van der Waals surface area contributed by atoms with Crippen LogP contribution in [0.15, 0.2) is 0 Å². The minimum Gasteiger partial charge on any atom is -0.481 e. The van der Waals surface area contributed by atoms with Crippen LogP contribution >= 0.6 is 11.3 Å². The molecule has 1 aromatic heterocycles. The average molecular weight is 320 g/mol. The van der Waals surface area contributed by atoms with Gasteiger partial charge in [-0.1, -0.05) is 0 Å². The molecule has 0 radical (unpaired) electrons. The normalized spacial score (nSPS) is 23.6. The monoisotopic (exact) mass is 320 g/mol. The maximum Gasteiger partial charge on any atom is 0.311 e. The van der Waals surface area contributed by atoms with E-state index in [1.165, 1.54) is 11.3 Å². The molecule has 1 fully saturated rings. The number of nitrogens with one attached hydrogen (secondary N) is 1. The molecule has 2 unspecified atom stereocenters. The quantitative estimate of drug-likeness (QED) is 0.889. The first kappa shape index (κ1) is 15.0. The minimum absolute atomic E-state index is 0.250. The Morgan fingerprint density at radius 3 is 2.82 bits per heavy atom. The molecule has 22 heavy (non-hydrogen) atoms. The summed E-state index contributed by atoms with van der Waals surface area (Å²) in [6.07, 6.45) is 3.14. The van der Waals surface area contributed by atoms with E-state index in [2.05, 4.69) is 11.4 Å². The first-order valence-electron chi connectivity index (χ1n) is 7.32. The Bertz CT molecular complexity index is 655. The lowest BCUT2D eigenvalue weighted by atomic mass is 9.85. The van der Waals surface area contributed by atoms with Crippen molar-refractivity contribution in [3.05, 3.63) is 16.0 Å². The van der Waals surface area contributed by atoms with Gasteiger partial charge < -0.3 is 15.2 Å². The fourth-order valence-corrected chi connectivity index (χ4v) is 4.34. The lowest BCUT2D eigenvalue weighted by molar-refractivity contribution is -0.139. The number of hydrogen-bond donors (Lipinski definition) is 2. The number of aliphatic carboxylic acids is 1. The Kier molecular flexibility index (Phi) is 4.14. The van der Waals surface area contributed by atoms with Gasteiger partial charge in [-0.3, -0.25) is 9.59 Å². The van der Waals surface area contributed by atoms with E-state index in [9.17, 15) is 20.0 Å². The number of aryl methyl sites for hydroxylation is 1. The first-order chi connectivity index (χ1) is 10.6. The van der Waals surface area contributed by atoms with Crippen LogP contribution in [0.25, 0.3) is 0 Å². The van der Waals surface area contributed by atoms with Crippen LogP contribution in [0.5, 0.6) is 0 Å². The molecule has 2 aliphatic rings. The van der Waals surface area contributed by atoms with Gasteiger partial charge in [-0.15, -0.1) is 11.3 Å². The van der Waals surface area contributed by atoms with Crippen LogP contribution in [0.3, 0.4) is 0 Å². The van der Waals surface area contributed by atoms with Crippen molar-refractivity contribution >= 4 is 28.2 Å². The molecule has 1 aliphatic carbocycles. The van der Waals surface area contributed by atoms with Crippen molar-refractivity contribution in [1.29, 1.82) is 5.26 Å². The van der Waals surface area contributed by atoms with E-state index in [-0.39, 0.29) is 5.91 Å². The third-order valence-corrected chi connectivity index (χ3v) is 5.32. The van der Waals surface area contributed by atoms with Gasteiger partial charge in [0.05, 0.1) is 11.5 Å². The third-order valence-electron chi connectivity index (χ3n) is 4.14. The van der Waals surface area contributed by atoms with Gasteiger partial charge in [-0.25, -0.2) is 0 Å². The number of nitrogens with zero attached hydrogens (tertiary/aromatic N) is 1. The van der Waals surface area contributed by atoms with Crippen LogP contribution in [0, 0.1) is 11.3 Å². The van der Waals surface area contributed by atoms with Crippen molar-refractivity contribution in [2.75, 3.05) is 11.9 Å². The van der Waals surface area contributed by atoms with Gasteiger partial charge in [0.2, 0.25) is 0 Å². The highest BCUT2D eigenvalue weighted by Crippen LogP contribution is 2.43. The summed E-state index contributed by atoms with van der Waals surface area (Å²) < 4.78 is 5.34. The smallest absolute Gasteiger partial charge is 0.311 e. The van der Waals surface area contributed by atoms with Crippen LogP contribution < -0.4 is 5.32 Å². The summed E-state index contributed by atoms with van der Waals surface area (Å²) in [7, 11) is 0. The van der Waals surface area contributed by atoms with Crippen LogP contribution in [0.1, 0.15) is 47.6 Å². The highest BCUT2D eigenvalue weighted by Gasteiger charge is 2.34. The van der Waals surface area contributed by atoms with E-state index >= 15 is 0 Å². The maximum atomic E-state index is 12.2. The van der Waals surface area contributed by atoms with E-state index in [0.717, 1.165) is 24.1 Å². The number of amides is 1. The molecule has 2 N–H and O–H groups in total. The van der Waals surface area contributed by atoms with Crippen LogP contribution in [0.2, 0.25) is 0 Å². The standard InChI is InChI=1S/C15H16N2O4S/c16-7-9-12-8(15(19)20)3-1-5-11(12)22-14(9)17-13(18)10-4-2-6-21-10/h8,10H,1-6H2,(H,17,18)(H,19,20). The molecule has 2 atom stereocenters. The zero-order valence-corrected chi connectivity index (χ0v) is 12.7. The largest absolute Gasteiger partial charge is 0.481 e. The van der Waals surface area contributed by atoms with E-state index in [1.54, 1.807) is 0 Å². The molecular weight excluding hydrogens is 304 g/mol. The second-order valence-corrected chi connectivity index (χ2v) is 6.63. The lowest BCUT2D eigenvalue weighted by Crippen LogP contribution is -2.26. The number of nitriles is 1. The number of ether oxygens (including phenoxy) is 1. The molecule has 2 heterocycles. The molecule has 0 bridgehead atoms. The van der Waals surface area contributed by atoms with Crippen molar-refractivity contribution in [2.45, 2.75) is 44.1 Å². The highest BCUT2D eigenvalue weighted by molar-refractivity contribution is 7.16. The van der Waals surface area contributed by atoms with Crippen molar-refractivity contribution in [3.63, 3.8) is 0 Å². The second kappa shape index (κ2) is 6.07. The average Bonchev–Trinajstić information content (AvgIpc) is 3.13. The third kappa shape index (κ3) is 2.60. The van der Waals surface area contributed by atoms with Crippen LogP contribution in [0.4, 0.5) is 5.00 Å². The van der Waals surface area contributed by atoms with E-state index < -0.39 is 18.0 Å². The zero-order valence-electron chi connectivity index (χ0n) is 11.9. The number of rotatable bonds is 3. The summed E-state index contributed by atoms with van der Waals surface area (Å²) in [4.78, 5) is 24.5. The zero-order chi connectivity index (χ0) is 15.7. The lowest BCUT2D eigenvalue weighted by Gasteiger charge is -2.18. The van der Waals surface area contributed by atoms with E-state index in [4.69, 9.17) is 4.74 Å². The topological polar surface area (TPSA) is 99.4 Å². The van der Waals surface area contributed by atoms with Gasteiger partial charge in [0, 0.05) is 17.0 Å². The number of thiophene rings is 1. The molecule has 116 valence electrons. The van der Waals surface area contributed by atoms with Gasteiger partial charge in [0.25, 0.3) is 5.91 Å². The fourth-order valence-electron chi connectivity index (χ4n) is 3.08. The van der Waals surface area contributed by atoms with E-state index in [1.807, 2.05) is 0 Å². The molecule has 1 aromatic rings. The summed E-state index contributed by atoms with van der Waals surface area (Å²) in [6, 6.07) is 2.08. The van der Waals surface area contributed by atoms with Gasteiger partial charge in [-0.05, 0) is 32.1 Å². The molecule has 0 aromatic carbocycles.